The molecule has 0 radical (unpaired) electrons. The van der Waals surface area contributed by atoms with Gasteiger partial charge in [-0.3, -0.25) is 4.79 Å². The number of hydrogen-bond acceptors (Lipinski definition) is 7. The third-order valence-corrected chi connectivity index (χ3v) is 7.64. The minimum absolute atomic E-state index is 0.0962. The van der Waals surface area contributed by atoms with Gasteiger partial charge in [0.1, 0.15) is 11.0 Å². The van der Waals surface area contributed by atoms with E-state index in [1.54, 1.807) is 4.68 Å². The van der Waals surface area contributed by atoms with Gasteiger partial charge in [-0.2, -0.15) is 5.10 Å². The molecule has 2 aromatic carbocycles. The van der Waals surface area contributed by atoms with Crippen LogP contribution < -0.4 is 21.1 Å². The van der Waals surface area contributed by atoms with E-state index in [-0.39, 0.29) is 18.1 Å². The van der Waals surface area contributed by atoms with Gasteiger partial charge in [0.25, 0.3) is 5.56 Å². The number of hydrogen-bond donors (Lipinski definition) is 1. The summed E-state index contributed by atoms with van der Waals surface area (Å²) in [5, 5.41) is 4.74. The molecule has 6 rings (SSSR count). The van der Waals surface area contributed by atoms with Crippen molar-refractivity contribution >= 4 is 39.8 Å². The summed E-state index contributed by atoms with van der Waals surface area (Å²) in [6.07, 6.45) is 6.05. The van der Waals surface area contributed by atoms with Gasteiger partial charge in [-0.05, 0) is 44.9 Å². The summed E-state index contributed by atoms with van der Waals surface area (Å²) in [6, 6.07) is 16.3. The number of nitrogens with zero attached hydrogens (tertiary/aromatic N) is 7. The van der Waals surface area contributed by atoms with Gasteiger partial charge in [0.2, 0.25) is 5.95 Å². The van der Waals surface area contributed by atoms with Crippen LogP contribution in [-0.2, 0) is 13.1 Å². The second-order valence-corrected chi connectivity index (χ2v) is 10.3. The SMILES string of the molecule is C/C=C/Cn1c(N2CCCC(N)C2)nc2c(C)nn(CC3=Nc4ccccc4N(C)c4ccccc43)c(=O)c21. The van der Waals surface area contributed by atoms with Crippen LogP contribution in [0, 0.1) is 6.92 Å². The predicted octanol–water partition coefficient (Wildman–Crippen LogP) is 4.31. The topological polar surface area (TPSA) is 97.6 Å². The fourth-order valence-corrected chi connectivity index (χ4v) is 5.68. The zero-order valence-corrected chi connectivity index (χ0v) is 22.7. The number of allylic oxidation sites excluding steroid dienone is 2. The monoisotopic (exact) mass is 522 g/mol. The molecule has 2 aliphatic heterocycles. The lowest BCUT2D eigenvalue weighted by Crippen LogP contribution is -2.44. The maximum Gasteiger partial charge on any atom is 0.293 e. The lowest BCUT2D eigenvalue weighted by molar-refractivity contribution is 0.495. The summed E-state index contributed by atoms with van der Waals surface area (Å²) in [5.41, 5.74) is 12.7. The highest BCUT2D eigenvalue weighted by Crippen LogP contribution is 2.38. The first-order valence-corrected chi connectivity index (χ1v) is 13.6. The Balaban J connectivity index is 1.50. The Morgan fingerprint density at radius 2 is 1.87 bits per heavy atom. The quantitative estimate of drug-likeness (QED) is 0.393. The highest BCUT2D eigenvalue weighted by Gasteiger charge is 2.26. The maximum absolute atomic E-state index is 14.1. The van der Waals surface area contributed by atoms with Crippen LogP contribution in [0.3, 0.4) is 0 Å². The zero-order chi connectivity index (χ0) is 27.1. The lowest BCUT2D eigenvalue weighted by Gasteiger charge is -2.31. The Labute approximate surface area is 227 Å². The molecule has 1 atom stereocenters. The number of fused-ring (bicyclic) bond motifs is 3. The van der Waals surface area contributed by atoms with Crippen LogP contribution in [0.5, 0.6) is 0 Å². The van der Waals surface area contributed by atoms with Gasteiger partial charge in [0.15, 0.2) is 0 Å². The third-order valence-electron chi connectivity index (χ3n) is 7.64. The van der Waals surface area contributed by atoms with E-state index in [1.165, 1.54) is 0 Å². The van der Waals surface area contributed by atoms with Crippen LogP contribution in [0.1, 0.15) is 31.0 Å². The average molecular weight is 523 g/mol. The summed E-state index contributed by atoms with van der Waals surface area (Å²) >= 11 is 0. The molecule has 2 N–H and O–H groups in total. The van der Waals surface area contributed by atoms with Gasteiger partial charge in [-0.15, -0.1) is 0 Å². The largest absolute Gasteiger partial charge is 0.342 e. The minimum Gasteiger partial charge on any atom is -0.342 e. The van der Waals surface area contributed by atoms with Crippen molar-refractivity contribution in [1.29, 1.82) is 0 Å². The van der Waals surface area contributed by atoms with Gasteiger partial charge in [-0.25, -0.2) is 14.7 Å². The summed E-state index contributed by atoms with van der Waals surface area (Å²) in [4.78, 5) is 28.5. The normalized spacial score (nSPS) is 17.3. The molecule has 2 aliphatic rings. The number of anilines is 3. The van der Waals surface area contributed by atoms with Gasteiger partial charge in [-0.1, -0.05) is 42.5 Å². The van der Waals surface area contributed by atoms with Gasteiger partial charge in [0.05, 0.1) is 35.0 Å². The molecule has 1 unspecified atom stereocenters. The van der Waals surface area contributed by atoms with Gasteiger partial charge >= 0.3 is 0 Å². The van der Waals surface area contributed by atoms with Crippen LogP contribution in [0.15, 0.2) is 70.5 Å². The fourth-order valence-electron chi connectivity index (χ4n) is 5.68. The molecule has 1 saturated heterocycles. The lowest BCUT2D eigenvalue weighted by atomic mass is 10.1. The fraction of sp³-hybridized carbons (Fsp3) is 0.333. The van der Waals surface area contributed by atoms with Crippen LogP contribution in [0.2, 0.25) is 0 Å². The molecular weight excluding hydrogens is 488 g/mol. The number of imidazole rings is 1. The first-order chi connectivity index (χ1) is 19.0. The van der Waals surface area contributed by atoms with E-state index in [4.69, 9.17) is 20.8 Å². The van der Waals surface area contributed by atoms with Crippen LogP contribution in [0.4, 0.5) is 23.0 Å². The van der Waals surface area contributed by atoms with Crippen molar-refractivity contribution in [2.45, 2.75) is 45.8 Å². The smallest absolute Gasteiger partial charge is 0.293 e. The average Bonchev–Trinajstić information content (AvgIpc) is 3.29. The van der Waals surface area contributed by atoms with Crippen molar-refractivity contribution < 1.29 is 0 Å². The molecule has 4 heterocycles. The maximum atomic E-state index is 14.1. The third kappa shape index (κ3) is 4.42. The molecule has 0 amide bonds. The van der Waals surface area contributed by atoms with Crippen molar-refractivity contribution in [3.05, 3.63) is 82.3 Å². The number of rotatable bonds is 5. The Morgan fingerprint density at radius 3 is 2.67 bits per heavy atom. The molecular formula is C30H34N8O. The summed E-state index contributed by atoms with van der Waals surface area (Å²) < 4.78 is 3.56. The number of aryl methyl sites for hydroxylation is 1. The van der Waals surface area contributed by atoms with Crippen molar-refractivity contribution in [2.24, 2.45) is 10.7 Å². The molecule has 39 heavy (non-hydrogen) atoms. The molecule has 1 fully saturated rings. The number of aromatic nitrogens is 4. The zero-order valence-electron chi connectivity index (χ0n) is 22.7. The first kappa shape index (κ1) is 25.1. The van der Waals surface area contributed by atoms with E-state index < -0.39 is 0 Å². The van der Waals surface area contributed by atoms with Crippen molar-refractivity contribution in [3.8, 4) is 0 Å². The van der Waals surface area contributed by atoms with E-state index in [0.29, 0.717) is 23.3 Å². The van der Waals surface area contributed by atoms with Crippen LogP contribution >= 0.6 is 0 Å². The van der Waals surface area contributed by atoms with Crippen molar-refractivity contribution in [1.82, 2.24) is 19.3 Å². The summed E-state index contributed by atoms with van der Waals surface area (Å²) in [6.45, 7) is 6.29. The number of aliphatic imine (C=N–C) groups is 1. The molecule has 9 nitrogen and oxygen atoms in total. The Hall–Kier alpha value is -4.24. The predicted molar refractivity (Wildman–Crippen MR) is 158 cm³/mol. The highest BCUT2D eigenvalue weighted by atomic mass is 16.1. The van der Waals surface area contributed by atoms with Gasteiger partial charge in [0, 0.05) is 38.3 Å². The molecule has 2 aromatic heterocycles. The summed E-state index contributed by atoms with van der Waals surface area (Å²) in [5.74, 6) is 0.783. The molecule has 0 saturated carbocycles. The van der Waals surface area contributed by atoms with Crippen LogP contribution in [0.25, 0.3) is 11.0 Å². The van der Waals surface area contributed by atoms with E-state index in [2.05, 4.69) is 28.0 Å². The van der Waals surface area contributed by atoms with E-state index in [0.717, 1.165) is 60.2 Å². The number of nitrogens with two attached hydrogens (primary N) is 1. The second-order valence-electron chi connectivity index (χ2n) is 10.3. The molecule has 0 spiro atoms. The Morgan fingerprint density at radius 1 is 1.10 bits per heavy atom. The van der Waals surface area contributed by atoms with Crippen molar-refractivity contribution in [3.63, 3.8) is 0 Å². The van der Waals surface area contributed by atoms with E-state index in [1.807, 2.05) is 67.9 Å². The second kappa shape index (κ2) is 10.1. The highest BCUT2D eigenvalue weighted by molar-refractivity contribution is 6.09. The number of benzene rings is 2. The van der Waals surface area contributed by atoms with Crippen molar-refractivity contribution in [2.75, 3.05) is 29.9 Å². The number of para-hydroxylation sites is 3. The van der Waals surface area contributed by atoms with Gasteiger partial charge < -0.3 is 20.1 Å². The molecule has 0 bridgehead atoms. The van der Waals surface area contributed by atoms with E-state index in [9.17, 15) is 4.79 Å². The molecule has 0 aliphatic carbocycles. The standard InChI is InChI=1S/C30H34N8O/c1-4-5-17-37-28-27(33-30(37)36-16-10-11-21(31)18-36)20(2)34-38(29(28)39)19-24-22-12-6-8-14-25(22)35(3)26-15-9-7-13-23(26)32-24/h4-9,12-15,21H,10-11,16-19,31H2,1-3H3/b5-4+. The first-order valence-electron chi connectivity index (χ1n) is 13.6. The molecule has 9 heteroatoms. The van der Waals surface area contributed by atoms with E-state index >= 15 is 0 Å². The number of piperidine rings is 1. The molecule has 4 aromatic rings. The molecule has 200 valence electrons. The van der Waals surface area contributed by atoms with Crippen LogP contribution in [-0.4, -0.2) is 51.2 Å². The Bertz CT molecular complexity index is 1660. The Kier molecular flexibility index (Phi) is 6.52. The summed E-state index contributed by atoms with van der Waals surface area (Å²) in [7, 11) is 2.05. The minimum atomic E-state index is -0.175.